The van der Waals surface area contributed by atoms with Gasteiger partial charge in [0.2, 0.25) is 5.88 Å². The molecule has 1 aromatic rings. The van der Waals surface area contributed by atoms with Crippen molar-refractivity contribution in [3.05, 3.63) is 59.3 Å². The maximum Gasteiger partial charge on any atom is 0.313 e. The SMILES string of the molecule is C=C(C)C1CC[C@]2(NCCN3CCS(=O)(=O)CC3)CC[C@]3(C)[C@H](CC[C@@H]4[C@@]5(C)CC=C(C6=CCC(COc7cccc(C(N)=O)n7)(C(=O)O)CC6)C(C)(C)[C@@H]5CC[C@]43C)[C@@H]12. The number of pyridine rings is 1. The first-order chi connectivity index (χ1) is 28.2. The minimum Gasteiger partial charge on any atom is -0.481 e. The van der Waals surface area contributed by atoms with Gasteiger partial charge in [-0.05, 0) is 152 Å². The van der Waals surface area contributed by atoms with Crippen molar-refractivity contribution in [1.82, 2.24) is 15.2 Å². The number of aliphatic carboxylic acids is 1. The molecule has 7 aliphatic rings. The predicted octanol–water partition coefficient (Wildman–Crippen LogP) is 8.01. The molecule has 6 aliphatic carbocycles. The van der Waals surface area contributed by atoms with Crippen molar-refractivity contribution in [3.8, 4) is 5.88 Å². The summed E-state index contributed by atoms with van der Waals surface area (Å²) in [6, 6.07) is 4.79. The smallest absolute Gasteiger partial charge is 0.313 e. The van der Waals surface area contributed by atoms with Crippen LogP contribution >= 0.6 is 0 Å². The van der Waals surface area contributed by atoms with Gasteiger partial charge in [0.05, 0.1) is 11.5 Å². The molecule has 4 N–H and O–H groups in total. The maximum atomic E-state index is 12.8. The Kier molecular flexibility index (Phi) is 11.2. The Labute approximate surface area is 359 Å². The van der Waals surface area contributed by atoms with Crippen LogP contribution in [0.3, 0.4) is 0 Å². The van der Waals surface area contributed by atoms with E-state index in [1.165, 1.54) is 74.2 Å². The van der Waals surface area contributed by atoms with E-state index in [0.29, 0.717) is 61.9 Å². The summed E-state index contributed by atoms with van der Waals surface area (Å²) in [4.78, 5) is 31.0. The lowest BCUT2D eigenvalue weighted by atomic mass is 9.33. The van der Waals surface area contributed by atoms with Gasteiger partial charge in [-0.15, -0.1) is 0 Å². The van der Waals surface area contributed by atoms with Crippen LogP contribution in [0.1, 0.15) is 129 Å². The highest BCUT2D eigenvalue weighted by Crippen LogP contribution is 2.76. The van der Waals surface area contributed by atoms with Gasteiger partial charge in [0.1, 0.15) is 17.7 Å². The molecule has 0 aromatic carbocycles. The summed E-state index contributed by atoms with van der Waals surface area (Å²) in [5.41, 5.74) is 9.21. The number of sulfone groups is 1. The molecule has 1 aromatic heterocycles. The molecule has 0 radical (unpaired) electrons. The first kappa shape index (κ1) is 43.6. The zero-order chi connectivity index (χ0) is 43.1. The molecule has 330 valence electrons. The Morgan fingerprint density at radius 3 is 2.37 bits per heavy atom. The molecule has 2 unspecified atom stereocenters. The van der Waals surface area contributed by atoms with E-state index in [1.54, 1.807) is 12.1 Å². The van der Waals surface area contributed by atoms with E-state index in [2.05, 4.69) is 75.5 Å². The molecular weight excluding hydrogens is 773 g/mol. The zero-order valence-corrected chi connectivity index (χ0v) is 38.1. The molecule has 1 aliphatic heterocycles. The number of fused-ring (bicyclic) bond motifs is 7. The highest BCUT2D eigenvalue weighted by molar-refractivity contribution is 7.91. The quantitative estimate of drug-likeness (QED) is 0.188. The molecule has 1 saturated heterocycles. The monoisotopic (exact) mass is 845 g/mol. The van der Waals surface area contributed by atoms with Gasteiger partial charge in [0.15, 0.2) is 9.84 Å². The van der Waals surface area contributed by atoms with Gasteiger partial charge in [-0.3, -0.25) is 9.59 Å². The third-order valence-corrected chi connectivity index (χ3v) is 20.5. The van der Waals surface area contributed by atoms with Crippen molar-refractivity contribution in [2.45, 2.75) is 124 Å². The molecule has 5 fully saturated rings. The molecule has 0 spiro atoms. The fraction of sp³-hybridized carbons (Fsp3) is 0.735. The highest BCUT2D eigenvalue weighted by Gasteiger charge is 2.70. The Bertz CT molecular complexity index is 2070. The third kappa shape index (κ3) is 7.03. The molecular formula is C49H72N4O6S. The number of nitrogens with zero attached hydrogens (tertiary/aromatic N) is 2. The number of allylic oxidation sites excluding steroid dienone is 5. The average Bonchev–Trinajstić information content (AvgIpc) is 3.58. The zero-order valence-electron chi connectivity index (χ0n) is 37.3. The maximum absolute atomic E-state index is 12.8. The van der Waals surface area contributed by atoms with Crippen molar-refractivity contribution in [3.63, 3.8) is 0 Å². The lowest BCUT2D eigenvalue weighted by Crippen LogP contribution is -2.68. The fourth-order valence-electron chi connectivity index (χ4n) is 15.4. The first-order valence-corrected chi connectivity index (χ1v) is 24.9. The number of hydrogen-bond donors (Lipinski definition) is 3. The van der Waals surface area contributed by atoms with Crippen molar-refractivity contribution in [2.24, 2.45) is 62.4 Å². The molecule has 10 nitrogen and oxygen atoms in total. The van der Waals surface area contributed by atoms with Crippen LogP contribution in [0.4, 0.5) is 0 Å². The van der Waals surface area contributed by atoms with Gasteiger partial charge in [0.25, 0.3) is 5.91 Å². The van der Waals surface area contributed by atoms with Crippen LogP contribution in [0, 0.1) is 56.7 Å². The second-order valence-corrected chi connectivity index (χ2v) is 24.1. The van der Waals surface area contributed by atoms with Crippen molar-refractivity contribution < 1.29 is 27.9 Å². The van der Waals surface area contributed by atoms with E-state index >= 15 is 0 Å². The van der Waals surface area contributed by atoms with Crippen molar-refractivity contribution in [1.29, 1.82) is 0 Å². The third-order valence-electron chi connectivity index (χ3n) is 18.9. The summed E-state index contributed by atoms with van der Waals surface area (Å²) in [6.45, 7) is 22.9. The largest absolute Gasteiger partial charge is 0.481 e. The summed E-state index contributed by atoms with van der Waals surface area (Å²) in [5.74, 6) is 2.16. The second-order valence-electron chi connectivity index (χ2n) is 21.8. The molecule has 60 heavy (non-hydrogen) atoms. The number of carbonyl (C=O) groups excluding carboxylic acids is 1. The van der Waals surface area contributed by atoms with E-state index in [0.717, 1.165) is 19.5 Å². The Balaban J connectivity index is 1.000. The minimum atomic E-state index is -2.88. The van der Waals surface area contributed by atoms with Crippen LogP contribution in [0.2, 0.25) is 0 Å². The van der Waals surface area contributed by atoms with Crippen LogP contribution in [-0.2, 0) is 14.6 Å². The average molecular weight is 845 g/mol. The number of rotatable bonds is 11. The Morgan fingerprint density at radius 2 is 1.70 bits per heavy atom. The molecule has 0 bridgehead atoms. The van der Waals surface area contributed by atoms with Crippen molar-refractivity contribution >= 4 is 21.7 Å². The highest BCUT2D eigenvalue weighted by atomic mass is 32.2. The number of carbonyl (C=O) groups is 2. The predicted molar refractivity (Wildman–Crippen MR) is 236 cm³/mol. The number of aromatic nitrogens is 1. The van der Waals surface area contributed by atoms with Crippen LogP contribution in [0.5, 0.6) is 5.88 Å². The van der Waals surface area contributed by atoms with Crippen LogP contribution in [-0.4, -0.2) is 85.1 Å². The summed E-state index contributed by atoms with van der Waals surface area (Å²) in [5, 5.41) is 14.7. The molecule has 11 heteroatoms. The van der Waals surface area contributed by atoms with Gasteiger partial charge < -0.3 is 25.8 Å². The molecule has 2 heterocycles. The van der Waals surface area contributed by atoms with Crippen LogP contribution in [0.15, 0.2) is 53.6 Å². The Hall–Kier alpha value is -3.02. The number of nitrogens with two attached hydrogens (primary N) is 1. The van der Waals surface area contributed by atoms with Gasteiger partial charge in [-0.1, -0.05) is 65.0 Å². The van der Waals surface area contributed by atoms with Gasteiger partial charge >= 0.3 is 5.97 Å². The summed E-state index contributed by atoms with van der Waals surface area (Å²) >= 11 is 0. The van der Waals surface area contributed by atoms with Gasteiger partial charge in [-0.2, -0.15) is 0 Å². The topological polar surface area (TPSA) is 152 Å². The fourth-order valence-corrected chi connectivity index (χ4v) is 16.7. The van der Waals surface area contributed by atoms with E-state index in [4.69, 9.17) is 10.5 Å². The van der Waals surface area contributed by atoms with E-state index in [1.807, 2.05) is 0 Å². The summed E-state index contributed by atoms with van der Waals surface area (Å²) < 4.78 is 30.1. The number of ether oxygens (including phenoxy) is 1. The second kappa shape index (κ2) is 15.4. The summed E-state index contributed by atoms with van der Waals surface area (Å²) in [7, 11) is -2.88. The van der Waals surface area contributed by atoms with Gasteiger partial charge in [0, 0.05) is 37.8 Å². The van der Waals surface area contributed by atoms with E-state index in [-0.39, 0.29) is 56.9 Å². The van der Waals surface area contributed by atoms with Crippen LogP contribution in [0.25, 0.3) is 0 Å². The normalized spacial score (nSPS) is 40.7. The molecule has 1 amide bonds. The minimum absolute atomic E-state index is 0.0253. The number of amides is 1. The van der Waals surface area contributed by atoms with Crippen LogP contribution < -0.4 is 15.8 Å². The number of carboxylic acid groups (broad SMARTS) is 1. The lowest BCUT2D eigenvalue weighted by Gasteiger charge is -2.72. The van der Waals surface area contributed by atoms with Gasteiger partial charge in [-0.25, -0.2) is 13.4 Å². The number of nitrogens with one attached hydrogen (secondary N) is 1. The molecule has 10 atom stereocenters. The number of hydrogen-bond acceptors (Lipinski definition) is 8. The Morgan fingerprint density at radius 1 is 0.950 bits per heavy atom. The van der Waals surface area contributed by atoms with E-state index in [9.17, 15) is 23.1 Å². The molecule has 8 rings (SSSR count). The standard InChI is InChI=1S/C49H72N4O6S/c1-32(2)34-15-22-49(51-25-26-53-27-29-60(57,58)30-28-53)24-23-46(6)36(41(34)49)11-12-39-45(5)18-16-35(44(3,4)38(45)17-19-47(39,46)7)33-13-20-48(21-14-33,43(55)56)31-59-40-10-8-9-37(52-40)42(50)54/h8-10,13,16,34,36,38-39,41,51H,1,11-12,14-15,17-31H2,2-7H3,(H2,50,54)(H,55,56)/t34?,36-,38+,39-,41-,45+,46-,47-,48?,49+/m1/s1. The van der Waals surface area contributed by atoms with Crippen molar-refractivity contribution in [2.75, 3.05) is 44.3 Å². The number of primary amides is 1. The lowest BCUT2D eigenvalue weighted by molar-refractivity contribution is -0.221. The van der Waals surface area contributed by atoms with E-state index < -0.39 is 27.1 Å². The summed E-state index contributed by atoms with van der Waals surface area (Å²) in [6.07, 6.45) is 17.2. The molecule has 4 saturated carbocycles. The number of carboxylic acids is 1. The first-order valence-electron chi connectivity index (χ1n) is 23.1.